The van der Waals surface area contributed by atoms with Crippen molar-refractivity contribution in [1.29, 1.82) is 0 Å². The fourth-order valence-electron chi connectivity index (χ4n) is 2.70. The Bertz CT molecular complexity index is 849. The molecule has 1 saturated heterocycles. The zero-order valence-corrected chi connectivity index (χ0v) is 13.5. The number of imide groups is 1. The van der Waals surface area contributed by atoms with Crippen molar-refractivity contribution < 1.29 is 27.9 Å². The number of amides is 3. The first-order valence-electron chi connectivity index (χ1n) is 7.41. The molecule has 0 radical (unpaired) electrons. The van der Waals surface area contributed by atoms with Gasteiger partial charge in [0.15, 0.2) is 11.3 Å². The number of furan rings is 1. The van der Waals surface area contributed by atoms with E-state index in [1.165, 1.54) is 26.4 Å². The van der Waals surface area contributed by atoms with Crippen LogP contribution in [0, 0.1) is 5.82 Å². The number of ether oxygens (including phenoxy) is 1. The lowest BCUT2D eigenvalue weighted by Crippen LogP contribution is -2.41. The van der Waals surface area contributed by atoms with E-state index in [0.29, 0.717) is 0 Å². The van der Waals surface area contributed by atoms with E-state index in [0.717, 1.165) is 17.0 Å². The quantitative estimate of drug-likeness (QED) is 0.661. The second-order valence-corrected chi connectivity index (χ2v) is 5.69. The van der Waals surface area contributed by atoms with Gasteiger partial charge in [0.05, 0.1) is 25.5 Å². The van der Waals surface area contributed by atoms with Crippen LogP contribution in [0.2, 0.25) is 0 Å². The van der Waals surface area contributed by atoms with E-state index in [1.807, 2.05) is 0 Å². The van der Waals surface area contributed by atoms with Crippen molar-refractivity contribution in [3.8, 4) is 5.75 Å². The lowest BCUT2D eigenvalue weighted by Gasteiger charge is -2.19. The van der Waals surface area contributed by atoms with Crippen LogP contribution >= 0.6 is 0 Å². The minimum absolute atomic E-state index is 0.0466. The highest BCUT2D eigenvalue weighted by atomic mass is 19.1. The third-order valence-corrected chi connectivity index (χ3v) is 4.05. The van der Waals surface area contributed by atoms with E-state index in [-0.39, 0.29) is 17.1 Å². The molecule has 2 heterocycles. The summed E-state index contributed by atoms with van der Waals surface area (Å²) in [5, 5.41) is 2.52. The van der Waals surface area contributed by atoms with Crippen LogP contribution in [0.3, 0.4) is 0 Å². The summed E-state index contributed by atoms with van der Waals surface area (Å²) < 4.78 is 23.7. The van der Waals surface area contributed by atoms with E-state index in [4.69, 9.17) is 9.15 Å². The maximum atomic E-state index is 13.4. The Balaban J connectivity index is 1.86. The van der Waals surface area contributed by atoms with Crippen LogP contribution in [0.15, 0.2) is 41.0 Å². The number of halogens is 1. The molecule has 7 nitrogen and oxygen atoms in total. The molecule has 1 aromatic heterocycles. The summed E-state index contributed by atoms with van der Waals surface area (Å²) in [5.74, 6) is -1.46. The molecule has 1 aliphatic heterocycles. The summed E-state index contributed by atoms with van der Waals surface area (Å²) >= 11 is 0. The molecule has 1 fully saturated rings. The minimum atomic E-state index is -1.40. The Hall–Kier alpha value is -3.16. The van der Waals surface area contributed by atoms with Crippen LogP contribution < -0.4 is 10.1 Å². The number of benzene rings is 1. The molecular formula is C17H15FN2O5. The number of hydrogen-bond acceptors (Lipinski definition) is 5. The standard InChI is InChI=1S/C17H15FN2O5/c1-17(14-4-3-7-25-14)15(22)20(16(23)19-17)9-12(21)11-8-10(18)5-6-13(11)24-2/h3-8H,9H2,1-2H3,(H,19,23)/t17-/m1/s1. The highest BCUT2D eigenvalue weighted by molar-refractivity contribution is 6.11. The van der Waals surface area contributed by atoms with Crippen molar-refractivity contribution in [2.24, 2.45) is 0 Å². The van der Waals surface area contributed by atoms with Gasteiger partial charge in [0, 0.05) is 0 Å². The summed E-state index contributed by atoms with van der Waals surface area (Å²) in [5.41, 5.74) is -1.44. The summed E-state index contributed by atoms with van der Waals surface area (Å²) in [4.78, 5) is 38.1. The number of carbonyl (C=O) groups is 3. The first-order valence-corrected chi connectivity index (χ1v) is 7.41. The maximum Gasteiger partial charge on any atom is 0.325 e. The molecule has 1 aliphatic rings. The van der Waals surface area contributed by atoms with E-state index in [9.17, 15) is 18.8 Å². The molecule has 3 rings (SSSR count). The van der Waals surface area contributed by atoms with E-state index >= 15 is 0 Å². The van der Waals surface area contributed by atoms with Crippen LogP contribution in [0.5, 0.6) is 5.75 Å². The smallest absolute Gasteiger partial charge is 0.325 e. The zero-order valence-electron chi connectivity index (χ0n) is 13.5. The van der Waals surface area contributed by atoms with Crippen molar-refractivity contribution in [1.82, 2.24) is 10.2 Å². The van der Waals surface area contributed by atoms with Crippen LogP contribution in [-0.4, -0.2) is 36.3 Å². The molecule has 8 heteroatoms. The predicted octanol–water partition coefficient (Wildman–Crippen LogP) is 2.08. The van der Waals surface area contributed by atoms with Gasteiger partial charge in [0.2, 0.25) is 0 Å². The highest BCUT2D eigenvalue weighted by Crippen LogP contribution is 2.29. The van der Waals surface area contributed by atoms with Crippen molar-refractivity contribution >= 4 is 17.7 Å². The Kier molecular flexibility index (Phi) is 4.03. The molecule has 1 N–H and O–H groups in total. The molecule has 1 atom stereocenters. The zero-order chi connectivity index (χ0) is 18.2. The minimum Gasteiger partial charge on any atom is -0.496 e. The normalized spacial score (nSPS) is 19.9. The number of ketones is 1. The number of nitrogens with one attached hydrogen (secondary N) is 1. The number of Topliss-reactive ketones (excluding diaryl/α,β-unsaturated/α-hetero) is 1. The molecule has 130 valence electrons. The Morgan fingerprint density at radius 3 is 2.76 bits per heavy atom. The number of hydrogen-bond donors (Lipinski definition) is 1. The fourth-order valence-corrected chi connectivity index (χ4v) is 2.70. The summed E-state index contributed by atoms with van der Waals surface area (Å²) in [6, 6.07) is 5.88. The lowest BCUT2D eigenvalue weighted by atomic mass is 9.99. The molecular weight excluding hydrogens is 331 g/mol. The average molecular weight is 346 g/mol. The van der Waals surface area contributed by atoms with Gasteiger partial charge >= 0.3 is 6.03 Å². The summed E-state index contributed by atoms with van der Waals surface area (Å²) in [6.07, 6.45) is 1.38. The van der Waals surface area contributed by atoms with E-state index in [1.54, 1.807) is 12.1 Å². The number of urea groups is 1. The van der Waals surface area contributed by atoms with E-state index in [2.05, 4.69) is 5.32 Å². The van der Waals surface area contributed by atoms with Crippen LogP contribution in [0.4, 0.5) is 9.18 Å². The third-order valence-electron chi connectivity index (χ3n) is 4.05. The topological polar surface area (TPSA) is 88.8 Å². The van der Waals surface area contributed by atoms with Gasteiger partial charge in [-0.25, -0.2) is 9.18 Å². The van der Waals surface area contributed by atoms with Crippen molar-refractivity contribution in [3.63, 3.8) is 0 Å². The maximum absolute atomic E-state index is 13.4. The van der Waals surface area contributed by atoms with E-state index < -0.39 is 35.6 Å². The van der Waals surface area contributed by atoms with Gasteiger partial charge in [-0.15, -0.1) is 0 Å². The lowest BCUT2D eigenvalue weighted by molar-refractivity contribution is -0.131. The van der Waals surface area contributed by atoms with Crippen LogP contribution in [0.25, 0.3) is 0 Å². The average Bonchev–Trinajstić information content (AvgIpc) is 3.19. The number of nitrogens with zero attached hydrogens (tertiary/aromatic N) is 1. The molecule has 25 heavy (non-hydrogen) atoms. The first kappa shape index (κ1) is 16.7. The van der Waals surface area contributed by atoms with Gasteiger partial charge in [0.25, 0.3) is 5.91 Å². The number of carbonyl (C=O) groups excluding carboxylic acids is 3. The van der Waals surface area contributed by atoms with Gasteiger partial charge in [-0.3, -0.25) is 14.5 Å². The van der Waals surface area contributed by atoms with Crippen LogP contribution in [0.1, 0.15) is 23.0 Å². The second kappa shape index (κ2) is 6.04. The fraction of sp³-hybridized carbons (Fsp3) is 0.235. The van der Waals surface area contributed by atoms with Crippen molar-refractivity contribution in [2.75, 3.05) is 13.7 Å². The van der Waals surface area contributed by atoms with Crippen molar-refractivity contribution in [3.05, 3.63) is 53.7 Å². The van der Waals surface area contributed by atoms with Gasteiger partial charge in [-0.05, 0) is 37.3 Å². The third kappa shape index (κ3) is 2.75. The largest absolute Gasteiger partial charge is 0.496 e. The van der Waals surface area contributed by atoms with Crippen LogP contribution in [-0.2, 0) is 10.3 Å². The Labute approximate surface area is 142 Å². The molecule has 0 unspecified atom stereocenters. The Morgan fingerprint density at radius 2 is 2.12 bits per heavy atom. The summed E-state index contributed by atoms with van der Waals surface area (Å²) in [6.45, 7) is 0.945. The Morgan fingerprint density at radius 1 is 1.36 bits per heavy atom. The number of methoxy groups -OCH3 is 1. The SMILES string of the molecule is COc1ccc(F)cc1C(=O)CN1C(=O)N[C@](C)(c2ccco2)C1=O. The molecule has 0 saturated carbocycles. The molecule has 3 amide bonds. The second-order valence-electron chi connectivity index (χ2n) is 5.69. The monoisotopic (exact) mass is 346 g/mol. The van der Waals surface area contributed by atoms with Gasteiger partial charge in [0.1, 0.15) is 17.3 Å². The first-order chi connectivity index (χ1) is 11.9. The number of rotatable bonds is 5. The van der Waals surface area contributed by atoms with Gasteiger partial charge in [-0.2, -0.15) is 0 Å². The molecule has 2 aromatic rings. The van der Waals surface area contributed by atoms with Crippen molar-refractivity contribution in [2.45, 2.75) is 12.5 Å². The molecule has 0 spiro atoms. The predicted molar refractivity (Wildman–Crippen MR) is 83.6 cm³/mol. The molecule has 1 aromatic carbocycles. The molecule has 0 aliphatic carbocycles. The molecule has 0 bridgehead atoms. The summed E-state index contributed by atoms with van der Waals surface area (Å²) in [7, 11) is 1.34. The van der Waals surface area contributed by atoms with Gasteiger partial charge < -0.3 is 14.5 Å². The highest BCUT2D eigenvalue weighted by Gasteiger charge is 2.51. The van der Waals surface area contributed by atoms with Gasteiger partial charge in [-0.1, -0.05) is 0 Å².